The van der Waals surface area contributed by atoms with Gasteiger partial charge in [0.1, 0.15) is 11.9 Å². The van der Waals surface area contributed by atoms with Gasteiger partial charge in [-0.05, 0) is 60.4 Å². The highest BCUT2D eigenvalue weighted by Gasteiger charge is 2.59. The fraction of sp³-hybridized carbons (Fsp3) is 0.222. The van der Waals surface area contributed by atoms with Gasteiger partial charge in [0.25, 0.3) is 5.91 Å². The number of hydrogen-bond acceptors (Lipinski definition) is 4. The van der Waals surface area contributed by atoms with Crippen molar-refractivity contribution in [1.29, 1.82) is 0 Å². The molecular formula is C27H21Cl2FN2O4. The van der Waals surface area contributed by atoms with E-state index < -0.39 is 29.2 Å². The van der Waals surface area contributed by atoms with Crippen molar-refractivity contribution in [3.05, 3.63) is 93.2 Å². The SMILES string of the molecule is COC(=O)[C@H](Cc1ccc(N2C(=O)C3(CC3)c3ccc(F)cc32)cc1)NC(=O)c1c(Cl)cccc1Cl. The zero-order valence-corrected chi connectivity index (χ0v) is 20.7. The van der Waals surface area contributed by atoms with Crippen LogP contribution in [-0.2, 0) is 26.2 Å². The topological polar surface area (TPSA) is 75.7 Å². The van der Waals surface area contributed by atoms with Crippen LogP contribution in [0.25, 0.3) is 0 Å². The Morgan fingerprint density at radius 1 is 1.08 bits per heavy atom. The Balaban J connectivity index is 1.37. The molecule has 1 N–H and O–H groups in total. The van der Waals surface area contributed by atoms with Gasteiger partial charge in [-0.2, -0.15) is 0 Å². The number of benzene rings is 3. The quantitative estimate of drug-likeness (QED) is 0.439. The third kappa shape index (κ3) is 4.12. The van der Waals surface area contributed by atoms with Crippen molar-refractivity contribution in [2.24, 2.45) is 0 Å². The average molecular weight is 527 g/mol. The van der Waals surface area contributed by atoms with Crippen LogP contribution >= 0.6 is 23.2 Å². The Bertz CT molecular complexity index is 1370. The van der Waals surface area contributed by atoms with Gasteiger partial charge in [-0.1, -0.05) is 47.5 Å². The van der Waals surface area contributed by atoms with E-state index in [9.17, 15) is 18.8 Å². The first-order valence-electron chi connectivity index (χ1n) is 11.3. The summed E-state index contributed by atoms with van der Waals surface area (Å²) < 4.78 is 18.9. The second kappa shape index (κ2) is 9.22. The monoisotopic (exact) mass is 526 g/mol. The number of nitrogens with one attached hydrogen (secondary N) is 1. The number of esters is 1. The van der Waals surface area contributed by atoms with Gasteiger partial charge in [-0.25, -0.2) is 9.18 Å². The van der Waals surface area contributed by atoms with Gasteiger partial charge in [0, 0.05) is 12.1 Å². The lowest BCUT2D eigenvalue weighted by atomic mass is 9.98. The minimum Gasteiger partial charge on any atom is -0.467 e. The molecule has 1 spiro atoms. The second-order valence-electron chi connectivity index (χ2n) is 8.90. The number of nitrogens with zero attached hydrogens (tertiary/aromatic N) is 1. The van der Waals surface area contributed by atoms with Crippen LogP contribution < -0.4 is 10.2 Å². The summed E-state index contributed by atoms with van der Waals surface area (Å²) in [6, 6.07) is 15.1. The summed E-state index contributed by atoms with van der Waals surface area (Å²) in [5.74, 6) is -1.71. The van der Waals surface area contributed by atoms with E-state index in [1.807, 2.05) is 0 Å². The Labute approximate surface area is 216 Å². The Morgan fingerprint density at radius 3 is 2.36 bits per heavy atom. The number of amides is 2. The van der Waals surface area contributed by atoms with Crippen molar-refractivity contribution in [2.45, 2.75) is 30.7 Å². The van der Waals surface area contributed by atoms with E-state index in [2.05, 4.69) is 5.32 Å². The minimum absolute atomic E-state index is 0.0628. The van der Waals surface area contributed by atoms with E-state index >= 15 is 0 Å². The summed E-state index contributed by atoms with van der Waals surface area (Å²) in [6.07, 6.45) is 1.62. The maximum Gasteiger partial charge on any atom is 0.328 e. The first-order chi connectivity index (χ1) is 17.2. The van der Waals surface area contributed by atoms with Crippen molar-refractivity contribution in [3.8, 4) is 0 Å². The maximum absolute atomic E-state index is 14.0. The summed E-state index contributed by atoms with van der Waals surface area (Å²) >= 11 is 12.3. The van der Waals surface area contributed by atoms with Crippen LogP contribution in [0.4, 0.5) is 15.8 Å². The third-order valence-electron chi connectivity index (χ3n) is 6.69. The number of fused-ring (bicyclic) bond motifs is 2. The number of methoxy groups -OCH3 is 1. The predicted octanol–water partition coefficient (Wildman–Crippen LogP) is 5.36. The molecule has 1 saturated carbocycles. The van der Waals surface area contributed by atoms with Crippen LogP contribution in [0.2, 0.25) is 10.0 Å². The molecule has 0 saturated heterocycles. The van der Waals surface area contributed by atoms with E-state index in [1.54, 1.807) is 41.3 Å². The van der Waals surface area contributed by atoms with Gasteiger partial charge in [0.05, 0.1) is 33.8 Å². The molecule has 3 aromatic rings. The number of hydrogen-bond donors (Lipinski definition) is 1. The Kier molecular flexibility index (Phi) is 6.22. The predicted molar refractivity (Wildman–Crippen MR) is 134 cm³/mol. The zero-order valence-electron chi connectivity index (χ0n) is 19.2. The van der Waals surface area contributed by atoms with Crippen molar-refractivity contribution in [3.63, 3.8) is 0 Å². The largest absolute Gasteiger partial charge is 0.467 e. The first-order valence-corrected chi connectivity index (χ1v) is 12.1. The van der Waals surface area contributed by atoms with Gasteiger partial charge in [0.2, 0.25) is 5.91 Å². The molecule has 0 aromatic heterocycles. The number of ether oxygens (including phenoxy) is 1. The standard InChI is InChI=1S/C27H21Cl2FN2O4/c1-36-25(34)21(31-24(33)23-19(28)3-2-4-20(23)29)13-15-5-8-17(9-6-15)32-22-14-16(30)7-10-18(22)27(11-12-27)26(32)35/h2-10,14,21H,11-13H2,1H3,(H,31,33)/t21-/m0/s1. The van der Waals surface area contributed by atoms with Crippen LogP contribution in [0.1, 0.15) is 34.3 Å². The summed E-state index contributed by atoms with van der Waals surface area (Å²) in [5.41, 5.74) is 2.23. The Hall–Kier alpha value is -3.42. The summed E-state index contributed by atoms with van der Waals surface area (Å²) in [4.78, 5) is 40.0. The highest BCUT2D eigenvalue weighted by atomic mass is 35.5. The molecule has 1 heterocycles. The van der Waals surface area contributed by atoms with Crippen molar-refractivity contribution in [2.75, 3.05) is 12.0 Å². The molecule has 1 fully saturated rings. The highest BCUT2D eigenvalue weighted by molar-refractivity contribution is 6.39. The van der Waals surface area contributed by atoms with E-state index in [-0.39, 0.29) is 27.9 Å². The molecule has 9 heteroatoms. The number of halogens is 3. The smallest absolute Gasteiger partial charge is 0.328 e. The lowest BCUT2D eigenvalue weighted by molar-refractivity contribution is -0.142. The average Bonchev–Trinajstić information content (AvgIpc) is 3.62. The van der Waals surface area contributed by atoms with Crippen LogP contribution in [0.15, 0.2) is 60.7 Å². The number of rotatable bonds is 6. The molecule has 1 atom stereocenters. The molecule has 6 nitrogen and oxygen atoms in total. The molecule has 0 radical (unpaired) electrons. The lowest BCUT2D eigenvalue weighted by Gasteiger charge is -2.20. The normalized spacial score (nSPS) is 16.0. The molecule has 2 amide bonds. The second-order valence-corrected chi connectivity index (χ2v) is 9.71. The van der Waals surface area contributed by atoms with Crippen LogP contribution in [-0.4, -0.2) is 30.9 Å². The van der Waals surface area contributed by atoms with Crippen molar-refractivity contribution in [1.82, 2.24) is 5.32 Å². The first kappa shape index (κ1) is 24.3. The fourth-order valence-electron chi connectivity index (χ4n) is 4.70. The molecule has 5 rings (SSSR count). The minimum atomic E-state index is -1.00. The number of carbonyl (C=O) groups excluding carboxylic acids is 3. The Morgan fingerprint density at radius 2 is 1.75 bits per heavy atom. The van der Waals surface area contributed by atoms with Gasteiger partial charge < -0.3 is 10.1 Å². The molecule has 184 valence electrons. The van der Waals surface area contributed by atoms with Crippen LogP contribution in [0, 0.1) is 5.82 Å². The number of anilines is 2. The molecule has 1 aliphatic carbocycles. The van der Waals surface area contributed by atoms with Crippen molar-refractivity contribution < 1.29 is 23.5 Å². The summed E-state index contributed by atoms with van der Waals surface area (Å²) in [7, 11) is 1.23. The van der Waals surface area contributed by atoms with Crippen LogP contribution in [0.3, 0.4) is 0 Å². The molecule has 36 heavy (non-hydrogen) atoms. The molecule has 2 aliphatic rings. The van der Waals surface area contributed by atoms with Gasteiger partial charge >= 0.3 is 5.97 Å². The lowest BCUT2D eigenvalue weighted by Crippen LogP contribution is -2.43. The van der Waals surface area contributed by atoms with Gasteiger partial charge in [-0.15, -0.1) is 0 Å². The van der Waals surface area contributed by atoms with E-state index in [0.29, 0.717) is 16.9 Å². The highest BCUT2D eigenvalue weighted by Crippen LogP contribution is 2.59. The molecular weight excluding hydrogens is 506 g/mol. The third-order valence-corrected chi connectivity index (χ3v) is 7.32. The molecule has 3 aromatic carbocycles. The van der Waals surface area contributed by atoms with Crippen molar-refractivity contribution >= 4 is 52.4 Å². The van der Waals surface area contributed by atoms with E-state index in [4.69, 9.17) is 27.9 Å². The fourth-order valence-corrected chi connectivity index (χ4v) is 5.26. The molecule has 0 bridgehead atoms. The van der Waals surface area contributed by atoms with Gasteiger partial charge in [0.15, 0.2) is 0 Å². The molecule has 0 unspecified atom stereocenters. The number of carbonyl (C=O) groups is 3. The van der Waals surface area contributed by atoms with Crippen LogP contribution in [0.5, 0.6) is 0 Å². The summed E-state index contributed by atoms with van der Waals surface area (Å²) in [5, 5.41) is 2.96. The van der Waals surface area contributed by atoms with Gasteiger partial charge in [-0.3, -0.25) is 14.5 Å². The maximum atomic E-state index is 14.0. The zero-order chi connectivity index (χ0) is 25.6. The summed E-state index contributed by atoms with van der Waals surface area (Å²) in [6.45, 7) is 0. The van der Waals surface area contributed by atoms with E-state index in [1.165, 1.54) is 31.4 Å². The molecule has 1 aliphatic heterocycles. The van der Waals surface area contributed by atoms with E-state index in [0.717, 1.165) is 18.4 Å².